The maximum Gasteiger partial charge on any atom is 0.351 e. The van der Waals surface area contributed by atoms with Crippen LogP contribution in [0.3, 0.4) is 0 Å². The number of alkyl halides is 2. The van der Waals surface area contributed by atoms with Crippen LogP contribution in [0.15, 0.2) is 48.5 Å². The summed E-state index contributed by atoms with van der Waals surface area (Å²) in [7, 11) is 3.21. The fraction of sp³-hybridized carbons (Fsp3) is 0.536. The first-order valence-electron chi connectivity index (χ1n) is 12.6. The molecule has 38 heavy (non-hydrogen) atoms. The molecule has 0 unspecified atom stereocenters. The molecule has 0 aliphatic carbocycles. The second kappa shape index (κ2) is 15.2. The van der Waals surface area contributed by atoms with Crippen molar-refractivity contribution in [3.63, 3.8) is 0 Å². The minimum Gasteiger partial charge on any atom is -0.493 e. The number of amides is 1. The maximum absolute atomic E-state index is 14.6. The third-order valence-electron chi connectivity index (χ3n) is 6.46. The summed E-state index contributed by atoms with van der Waals surface area (Å²) >= 11 is 5.90. The van der Waals surface area contributed by atoms with Gasteiger partial charge in [-0.2, -0.15) is 8.78 Å². The van der Waals surface area contributed by atoms with Gasteiger partial charge in [0.2, 0.25) is 0 Å². The predicted octanol–water partition coefficient (Wildman–Crippen LogP) is 4.78. The molecule has 3 N–H and O–H groups in total. The van der Waals surface area contributed by atoms with Gasteiger partial charge in [-0.25, -0.2) is 4.42 Å². The Kier molecular flexibility index (Phi) is 12.7. The van der Waals surface area contributed by atoms with Crippen LogP contribution in [-0.2, 0) is 21.9 Å². The highest BCUT2D eigenvalue weighted by Gasteiger charge is 2.44. The van der Waals surface area contributed by atoms with E-state index in [0.29, 0.717) is 42.0 Å². The lowest BCUT2D eigenvalue weighted by Gasteiger charge is -2.29. The lowest BCUT2D eigenvalue weighted by atomic mass is 9.83. The van der Waals surface area contributed by atoms with Crippen molar-refractivity contribution in [1.29, 1.82) is 0 Å². The number of benzene rings is 2. The van der Waals surface area contributed by atoms with Crippen LogP contribution in [0, 0.1) is 11.8 Å². The summed E-state index contributed by atoms with van der Waals surface area (Å²) in [6.07, 6.45) is 0.484. The zero-order valence-electron chi connectivity index (χ0n) is 22.4. The molecule has 2 rings (SSSR count). The molecule has 2 aromatic rings. The minimum absolute atomic E-state index is 0.0552. The standard InChI is InChI=1S/C28H39ClF2N2O5/c1-19(2)21(15-20-11-12-25(37-4)26(16-20)38-14-8-13-36-3)17-23(32)24(34)18-33(29)27(35)28(30,31)22-9-6-5-7-10-22/h5-7,9-12,16,19,21,23-24,34H,8,13-15,17-18,32H2,1-4H3/t21-,23-,24-/m0/s1. The van der Waals surface area contributed by atoms with Gasteiger partial charge in [-0.05, 0) is 42.4 Å². The molecule has 0 aromatic heterocycles. The van der Waals surface area contributed by atoms with Gasteiger partial charge in [0.25, 0.3) is 0 Å². The fourth-order valence-electron chi connectivity index (χ4n) is 4.05. The molecule has 0 spiro atoms. The van der Waals surface area contributed by atoms with E-state index in [1.54, 1.807) is 20.3 Å². The topological polar surface area (TPSA) is 94.3 Å². The van der Waals surface area contributed by atoms with Gasteiger partial charge in [-0.15, -0.1) is 0 Å². The summed E-state index contributed by atoms with van der Waals surface area (Å²) in [6.45, 7) is 4.64. The molecule has 0 heterocycles. The number of aliphatic hydroxyl groups is 1. The molecule has 3 atom stereocenters. The summed E-state index contributed by atoms with van der Waals surface area (Å²) in [5.41, 5.74) is 6.79. The fourth-order valence-corrected chi connectivity index (χ4v) is 4.30. The van der Waals surface area contributed by atoms with Gasteiger partial charge in [0.05, 0.1) is 26.4 Å². The highest BCUT2D eigenvalue weighted by atomic mass is 35.5. The molecule has 0 bridgehead atoms. The van der Waals surface area contributed by atoms with E-state index in [2.05, 4.69) is 0 Å². The first kappa shape index (κ1) is 31.8. The Bertz CT molecular complexity index is 996. The van der Waals surface area contributed by atoms with E-state index in [4.69, 9.17) is 31.7 Å². The number of carbonyl (C=O) groups is 1. The van der Waals surface area contributed by atoms with E-state index in [1.807, 2.05) is 32.0 Å². The molecule has 0 aliphatic heterocycles. The molecule has 2 aromatic carbocycles. The molecule has 10 heteroatoms. The number of nitrogens with two attached hydrogens (primary N) is 1. The first-order valence-corrected chi connectivity index (χ1v) is 13.0. The molecule has 0 radical (unpaired) electrons. The lowest BCUT2D eigenvalue weighted by molar-refractivity contribution is -0.154. The molecule has 0 saturated heterocycles. The summed E-state index contributed by atoms with van der Waals surface area (Å²) in [4.78, 5) is 12.4. The first-order chi connectivity index (χ1) is 18.0. The van der Waals surface area contributed by atoms with Crippen LogP contribution in [0.4, 0.5) is 8.78 Å². The second-order valence-electron chi connectivity index (χ2n) is 9.65. The van der Waals surface area contributed by atoms with Gasteiger partial charge < -0.3 is 25.1 Å². The van der Waals surface area contributed by atoms with E-state index in [-0.39, 0.29) is 11.8 Å². The molecular formula is C28H39ClF2N2O5. The highest BCUT2D eigenvalue weighted by molar-refractivity contribution is 6.22. The number of halogens is 3. The van der Waals surface area contributed by atoms with Crippen molar-refractivity contribution in [3.05, 3.63) is 59.7 Å². The summed E-state index contributed by atoms with van der Waals surface area (Å²) < 4.78 is 45.9. The van der Waals surface area contributed by atoms with E-state index >= 15 is 0 Å². The average Bonchev–Trinajstić information content (AvgIpc) is 2.90. The molecule has 0 aliphatic rings. The van der Waals surface area contributed by atoms with E-state index in [1.165, 1.54) is 12.1 Å². The number of hydrogen-bond acceptors (Lipinski definition) is 6. The number of aliphatic hydroxyl groups excluding tert-OH is 1. The SMILES string of the molecule is COCCCOc1cc(C[C@@H](C[C@H](N)[C@@H](O)CN(Cl)C(=O)C(F)(F)c2ccccc2)C(C)C)ccc1OC. The predicted molar refractivity (Wildman–Crippen MR) is 144 cm³/mol. The highest BCUT2D eigenvalue weighted by Crippen LogP contribution is 2.33. The second-order valence-corrected chi connectivity index (χ2v) is 10.1. The Morgan fingerprint density at radius 1 is 1.11 bits per heavy atom. The van der Waals surface area contributed by atoms with Crippen LogP contribution in [0.1, 0.15) is 37.8 Å². The van der Waals surface area contributed by atoms with Gasteiger partial charge in [0.15, 0.2) is 11.5 Å². The Balaban J connectivity index is 2.02. The number of ether oxygens (including phenoxy) is 3. The van der Waals surface area contributed by atoms with Crippen molar-refractivity contribution < 1.29 is 32.9 Å². The Labute approximate surface area is 228 Å². The number of rotatable bonds is 16. The van der Waals surface area contributed by atoms with Crippen LogP contribution in [0.25, 0.3) is 0 Å². The number of carbonyl (C=O) groups excluding carboxylic acids is 1. The van der Waals surface area contributed by atoms with Crippen LogP contribution in [0.2, 0.25) is 0 Å². The molecule has 7 nitrogen and oxygen atoms in total. The van der Waals surface area contributed by atoms with Crippen LogP contribution >= 0.6 is 11.8 Å². The zero-order valence-corrected chi connectivity index (χ0v) is 23.2. The Morgan fingerprint density at radius 3 is 2.39 bits per heavy atom. The van der Waals surface area contributed by atoms with Gasteiger partial charge in [0.1, 0.15) is 0 Å². The molecule has 1 amide bonds. The van der Waals surface area contributed by atoms with Gasteiger partial charge in [-0.3, -0.25) is 4.79 Å². The van der Waals surface area contributed by atoms with Crippen molar-refractivity contribution >= 4 is 17.7 Å². The quantitative estimate of drug-likeness (QED) is 0.228. The minimum atomic E-state index is -3.83. The van der Waals surface area contributed by atoms with E-state index in [0.717, 1.165) is 24.1 Å². The van der Waals surface area contributed by atoms with Crippen LogP contribution < -0.4 is 15.2 Å². The summed E-state index contributed by atoms with van der Waals surface area (Å²) in [5.74, 6) is -3.93. The van der Waals surface area contributed by atoms with E-state index in [9.17, 15) is 18.7 Å². The van der Waals surface area contributed by atoms with Gasteiger partial charge in [-0.1, -0.05) is 50.2 Å². The number of hydrogen-bond donors (Lipinski definition) is 2. The van der Waals surface area contributed by atoms with Crippen LogP contribution in [0.5, 0.6) is 11.5 Å². The summed E-state index contributed by atoms with van der Waals surface area (Å²) in [6, 6.07) is 11.6. The molecule has 0 saturated carbocycles. The Morgan fingerprint density at radius 2 is 1.79 bits per heavy atom. The number of methoxy groups -OCH3 is 2. The monoisotopic (exact) mass is 556 g/mol. The molecule has 212 valence electrons. The number of nitrogens with zero attached hydrogens (tertiary/aromatic N) is 1. The summed E-state index contributed by atoms with van der Waals surface area (Å²) in [5, 5.41) is 10.6. The molecule has 0 fully saturated rings. The van der Waals surface area contributed by atoms with E-state index < -0.39 is 36.1 Å². The Hall–Kier alpha value is -2.46. The van der Waals surface area contributed by atoms with Crippen LogP contribution in [-0.4, -0.2) is 61.6 Å². The normalized spacial score (nSPS) is 14.2. The largest absolute Gasteiger partial charge is 0.493 e. The van der Waals surface area contributed by atoms with Gasteiger partial charge in [0, 0.05) is 43.5 Å². The molecular weight excluding hydrogens is 518 g/mol. The smallest absolute Gasteiger partial charge is 0.351 e. The van der Waals surface area contributed by atoms with Crippen molar-refractivity contribution in [2.75, 3.05) is 34.0 Å². The van der Waals surface area contributed by atoms with Gasteiger partial charge >= 0.3 is 11.8 Å². The van der Waals surface area contributed by atoms with Crippen molar-refractivity contribution in [2.24, 2.45) is 17.6 Å². The van der Waals surface area contributed by atoms with Crippen molar-refractivity contribution in [1.82, 2.24) is 4.42 Å². The third kappa shape index (κ3) is 9.08. The lowest BCUT2D eigenvalue weighted by Crippen LogP contribution is -2.46. The average molecular weight is 557 g/mol. The van der Waals surface area contributed by atoms with Crippen molar-refractivity contribution in [3.8, 4) is 11.5 Å². The maximum atomic E-state index is 14.6. The zero-order chi connectivity index (χ0) is 28.3. The van der Waals surface area contributed by atoms with Crippen molar-refractivity contribution in [2.45, 2.75) is 51.2 Å². The third-order valence-corrected chi connectivity index (χ3v) is 6.75.